The Bertz CT molecular complexity index is 727. The predicted molar refractivity (Wildman–Crippen MR) is 108 cm³/mol. The van der Waals surface area contributed by atoms with Crippen LogP contribution in [0.3, 0.4) is 0 Å². The molecule has 2 rings (SSSR count). The second-order valence-electron chi connectivity index (χ2n) is 7.84. The van der Waals surface area contributed by atoms with Gasteiger partial charge in [-0.1, -0.05) is 57.2 Å². The number of nitrogens with one attached hydrogen (secondary N) is 1. The Kier molecular flexibility index (Phi) is 6.84. The Morgan fingerprint density at radius 2 is 1.73 bits per heavy atom. The van der Waals surface area contributed by atoms with E-state index < -0.39 is 0 Å². The molecule has 0 radical (unpaired) electrons. The summed E-state index contributed by atoms with van der Waals surface area (Å²) >= 11 is 0. The van der Waals surface area contributed by atoms with Gasteiger partial charge in [0.1, 0.15) is 12.4 Å². The molecule has 0 aliphatic heterocycles. The molecule has 2 aromatic rings. The van der Waals surface area contributed by atoms with Crippen LogP contribution in [0.1, 0.15) is 49.4 Å². The Hall–Kier alpha value is -2.29. The van der Waals surface area contributed by atoms with Gasteiger partial charge in [0, 0.05) is 6.42 Å². The van der Waals surface area contributed by atoms with E-state index in [-0.39, 0.29) is 11.3 Å². The van der Waals surface area contributed by atoms with Crippen molar-refractivity contribution in [2.75, 3.05) is 13.2 Å². The van der Waals surface area contributed by atoms with Crippen LogP contribution >= 0.6 is 0 Å². The fourth-order valence-electron chi connectivity index (χ4n) is 2.75. The third-order valence-electron chi connectivity index (χ3n) is 4.70. The molecule has 0 saturated carbocycles. The molecular weight excluding hydrogens is 322 g/mol. The summed E-state index contributed by atoms with van der Waals surface area (Å²) in [7, 11) is 0. The van der Waals surface area contributed by atoms with Crippen molar-refractivity contribution >= 4 is 5.91 Å². The smallest absolute Gasteiger partial charge is 0.220 e. The molecule has 3 nitrogen and oxygen atoms in total. The summed E-state index contributed by atoms with van der Waals surface area (Å²) in [4.78, 5) is 12.0. The van der Waals surface area contributed by atoms with Gasteiger partial charge in [-0.15, -0.1) is 0 Å². The summed E-state index contributed by atoms with van der Waals surface area (Å²) < 4.78 is 5.76. The van der Waals surface area contributed by atoms with Crippen molar-refractivity contribution in [3.05, 3.63) is 64.7 Å². The van der Waals surface area contributed by atoms with Crippen molar-refractivity contribution in [2.24, 2.45) is 0 Å². The van der Waals surface area contributed by atoms with Gasteiger partial charge in [-0.05, 0) is 54.0 Å². The van der Waals surface area contributed by atoms with E-state index in [0.29, 0.717) is 19.6 Å². The van der Waals surface area contributed by atoms with Crippen LogP contribution in [-0.2, 0) is 16.6 Å². The third-order valence-corrected chi connectivity index (χ3v) is 4.70. The number of hydrogen-bond acceptors (Lipinski definition) is 2. The quantitative estimate of drug-likeness (QED) is 0.731. The molecule has 26 heavy (non-hydrogen) atoms. The number of rotatable bonds is 7. The summed E-state index contributed by atoms with van der Waals surface area (Å²) in [5.74, 6) is 0.952. The minimum absolute atomic E-state index is 0.0643. The van der Waals surface area contributed by atoms with Crippen LogP contribution in [0.4, 0.5) is 0 Å². The van der Waals surface area contributed by atoms with Crippen LogP contribution in [0.5, 0.6) is 5.75 Å². The molecule has 140 valence electrons. The SMILES string of the molecule is Cc1cccc(OCCNC(=O)CCc2ccc(C(C)(C)C)cc2)c1C. The van der Waals surface area contributed by atoms with Crippen LogP contribution in [0.25, 0.3) is 0 Å². The lowest BCUT2D eigenvalue weighted by atomic mass is 9.86. The average molecular weight is 354 g/mol. The lowest BCUT2D eigenvalue weighted by Gasteiger charge is -2.19. The highest BCUT2D eigenvalue weighted by Gasteiger charge is 2.13. The van der Waals surface area contributed by atoms with E-state index in [0.717, 1.165) is 17.7 Å². The van der Waals surface area contributed by atoms with Crippen molar-refractivity contribution in [3.8, 4) is 5.75 Å². The Labute approximate surface area is 157 Å². The van der Waals surface area contributed by atoms with Gasteiger partial charge in [-0.2, -0.15) is 0 Å². The topological polar surface area (TPSA) is 38.3 Å². The van der Waals surface area contributed by atoms with Gasteiger partial charge < -0.3 is 10.1 Å². The zero-order chi connectivity index (χ0) is 19.2. The Morgan fingerprint density at radius 1 is 1.04 bits per heavy atom. The molecule has 3 heteroatoms. The molecular formula is C23H31NO2. The highest BCUT2D eigenvalue weighted by molar-refractivity contribution is 5.76. The molecule has 0 aromatic heterocycles. The van der Waals surface area contributed by atoms with Crippen molar-refractivity contribution in [3.63, 3.8) is 0 Å². The van der Waals surface area contributed by atoms with Crippen molar-refractivity contribution in [1.29, 1.82) is 0 Å². The fraction of sp³-hybridized carbons (Fsp3) is 0.435. The average Bonchev–Trinajstić information content (AvgIpc) is 2.60. The maximum Gasteiger partial charge on any atom is 0.220 e. The second-order valence-corrected chi connectivity index (χ2v) is 7.84. The van der Waals surface area contributed by atoms with E-state index in [1.54, 1.807) is 0 Å². The largest absolute Gasteiger partial charge is 0.491 e. The van der Waals surface area contributed by atoms with Crippen LogP contribution in [-0.4, -0.2) is 19.1 Å². The number of amides is 1. The van der Waals surface area contributed by atoms with E-state index in [1.807, 2.05) is 19.1 Å². The Balaban J connectivity index is 1.70. The zero-order valence-electron chi connectivity index (χ0n) is 16.7. The highest BCUT2D eigenvalue weighted by atomic mass is 16.5. The number of benzene rings is 2. The first-order chi connectivity index (χ1) is 12.3. The van der Waals surface area contributed by atoms with Gasteiger partial charge in [0.25, 0.3) is 0 Å². The molecule has 0 atom stereocenters. The summed E-state index contributed by atoms with van der Waals surface area (Å²) in [6.45, 7) is 11.7. The molecule has 0 unspecified atom stereocenters. The molecule has 0 heterocycles. The normalized spacial score (nSPS) is 11.3. The van der Waals surface area contributed by atoms with E-state index >= 15 is 0 Å². The number of carbonyl (C=O) groups is 1. The van der Waals surface area contributed by atoms with Crippen molar-refractivity contribution in [2.45, 2.75) is 52.9 Å². The van der Waals surface area contributed by atoms with E-state index in [1.165, 1.54) is 16.7 Å². The zero-order valence-corrected chi connectivity index (χ0v) is 16.7. The van der Waals surface area contributed by atoms with E-state index in [4.69, 9.17) is 4.74 Å². The molecule has 1 N–H and O–H groups in total. The predicted octanol–water partition coefficient (Wildman–Crippen LogP) is 4.73. The van der Waals surface area contributed by atoms with Gasteiger partial charge in [0.15, 0.2) is 0 Å². The number of hydrogen-bond donors (Lipinski definition) is 1. The molecule has 0 fully saturated rings. The molecule has 1 amide bonds. The van der Waals surface area contributed by atoms with Gasteiger partial charge in [0.05, 0.1) is 6.54 Å². The first kappa shape index (κ1) is 20.0. The van der Waals surface area contributed by atoms with Gasteiger partial charge in [0.2, 0.25) is 5.91 Å². The van der Waals surface area contributed by atoms with Crippen LogP contribution in [0.15, 0.2) is 42.5 Å². The molecule has 0 bridgehead atoms. The highest BCUT2D eigenvalue weighted by Crippen LogP contribution is 2.22. The van der Waals surface area contributed by atoms with Crippen molar-refractivity contribution in [1.82, 2.24) is 5.32 Å². The van der Waals surface area contributed by atoms with E-state index in [9.17, 15) is 4.79 Å². The van der Waals surface area contributed by atoms with Gasteiger partial charge in [-0.3, -0.25) is 4.79 Å². The Morgan fingerprint density at radius 3 is 2.38 bits per heavy atom. The summed E-state index contributed by atoms with van der Waals surface area (Å²) in [5, 5.41) is 2.93. The van der Waals surface area contributed by atoms with Crippen LogP contribution in [0, 0.1) is 13.8 Å². The number of aryl methyl sites for hydroxylation is 2. The lowest BCUT2D eigenvalue weighted by molar-refractivity contribution is -0.121. The van der Waals surface area contributed by atoms with E-state index in [2.05, 4.69) is 63.3 Å². The number of carbonyl (C=O) groups excluding carboxylic acids is 1. The van der Waals surface area contributed by atoms with Crippen molar-refractivity contribution < 1.29 is 9.53 Å². The summed E-state index contributed by atoms with van der Waals surface area (Å²) in [5.41, 5.74) is 5.03. The first-order valence-electron chi connectivity index (χ1n) is 9.32. The minimum atomic E-state index is 0.0643. The third kappa shape index (κ3) is 5.91. The molecule has 0 aliphatic carbocycles. The number of ether oxygens (including phenoxy) is 1. The fourth-order valence-corrected chi connectivity index (χ4v) is 2.75. The van der Waals surface area contributed by atoms with Gasteiger partial charge >= 0.3 is 0 Å². The maximum atomic E-state index is 12.0. The first-order valence-corrected chi connectivity index (χ1v) is 9.32. The minimum Gasteiger partial charge on any atom is -0.491 e. The van der Waals surface area contributed by atoms with Gasteiger partial charge in [-0.25, -0.2) is 0 Å². The standard InChI is InChI=1S/C23H31NO2/c1-17-7-6-8-21(18(17)2)26-16-15-24-22(25)14-11-19-9-12-20(13-10-19)23(3,4)5/h6-10,12-13H,11,14-16H2,1-5H3,(H,24,25). The molecule has 0 saturated heterocycles. The molecule has 0 aliphatic rings. The summed E-state index contributed by atoms with van der Waals surface area (Å²) in [6.07, 6.45) is 1.26. The maximum absolute atomic E-state index is 12.0. The second kappa shape index (κ2) is 8.88. The lowest BCUT2D eigenvalue weighted by Crippen LogP contribution is -2.28. The van der Waals surface area contributed by atoms with Crippen LogP contribution < -0.4 is 10.1 Å². The molecule has 2 aromatic carbocycles. The molecule has 0 spiro atoms. The summed E-state index contributed by atoms with van der Waals surface area (Å²) in [6, 6.07) is 14.6. The monoisotopic (exact) mass is 353 g/mol. The van der Waals surface area contributed by atoms with Crippen LogP contribution in [0.2, 0.25) is 0 Å².